The number of thiazole rings is 6. The van der Waals surface area contributed by atoms with E-state index in [-0.39, 0.29) is 65.7 Å². The number of aryl methyl sites for hydroxylation is 2. The molecule has 8 heterocycles. The van der Waals surface area contributed by atoms with Gasteiger partial charge in [-0.25, -0.2) is 34.9 Å². The number of nitrogens with two attached hydrogens (primary N) is 1. The van der Waals surface area contributed by atoms with Crippen molar-refractivity contribution in [1.82, 2.24) is 50.8 Å². The average molecular weight is 1190 g/mol. The zero-order chi connectivity index (χ0) is 57.2. The molecule has 414 valence electrons. The highest BCUT2D eigenvalue weighted by Gasteiger charge is 2.35. The SMILES string of the molecule is CC(=O)c1csc(-c2ccc3c(n2)-c2csc(n2)-c2csc(n2)C(C(C)C(C)C)NC(=O)C(Cc2ccc(C)cc2)NC(=O)c2csc(n2)C(C(C)c2ccccc2)CC(=O)c2nc(sc2C)C(CC(N)=O)NC(=O)c2csc-3n2)n1. The smallest absolute Gasteiger partial charge is 0.271 e. The Morgan fingerprint density at radius 2 is 1.25 bits per heavy atom. The number of rotatable bonds is 10. The Bertz CT molecular complexity index is 3820. The van der Waals surface area contributed by atoms with Crippen LogP contribution < -0.4 is 21.7 Å². The van der Waals surface area contributed by atoms with Crippen molar-refractivity contribution in [2.24, 2.45) is 17.6 Å². The first kappa shape index (κ1) is 56.8. The van der Waals surface area contributed by atoms with Crippen molar-refractivity contribution in [1.29, 1.82) is 0 Å². The van der Waals surface area contributed by atoms with E-state index in [9.17, 15) is 28.8 Å². The number of aromatic nitrogens is 7. The number of ketones is 2. The summed E-state index contributed by atoms with van der Waals surface area (Å²) in [6.45, 7) is 13.4. The molecule has 0 fully saturated rings. The van der Waals surface area contributed by atoms with Crippen molar-refractivity contribution in [3.8, 4) is 43.4 Å². The summed E-state index contributed by atoms with van der Waals surface area (Å²) in [4.78, 5) is 118. The van der Waals surface area contributed by atoms with E-state index in [2.05, 4.69) is 41.7 Å². The largest absolute Gasteiger partial charge is 0.370 e. The number of nitrogens with one attached hydrogen (secondary N) is 3. The van der Waals surface area contributed by atoms with E-state index >= 15 is 0 Å². The molecule has 10 bridgehead atoms. The fourth-order valence-corrected chi connectivity index (χ4v) is 14.7. The monoisotopic (exact) mass is 1190 g/mol. The van der Waals surface area contributed by atoms with Gasteiger partial charge < -0.3 is 21.7 Å². The highest BCUT2D eigenvalue weighted by Crippen LogP contribution is 2.41. The first-order valence-electron chi connectivity index (χ1n) is 26.0. The molecule has 10 rings (SSSR count). The van der Waals surface area contributed by atoms with Gasteiger partial charge in [-0.05, 0) is 54.9 Å². The highest BCUT2D eigenvalue weighted by atomic mass is 32.1. The summed E-state index contributed by atoms with van der Waals surface area (Å²) in [7, 11) is 0. The number of hydrogen-bond donors (Lipinski definition) is 4. The van der Waals surface area contributed by atoms with E-state index in [1.54, 1.807) is 29.1 Å². The predicted molar refractivity (Wildman–Crippen MR) is 319 cm³/mol. The summed E-state index contributed by atoms with van der Waals surface area (Å²) in [6.07, 6.45) is -0.168. The van der Waals surface area contributed by atoms with Crippen LogP contribution in [0.15, 0.2) is 93.6 Å². The molecule has 1 aliphatic heterocycles. The van der Waals surface area contributed by atoms with Crippen molar-refractivity contribution in [2.75, 3.05) is 0 Å². The lowest BCUT2D eigenvalue weighted by molar-refractivity contribution is -0.124. The molecule has 0 spiro atoms. The molecule has 1 aliphatic rings. The molecule has 4 amide bonds. The third kappa shape index (κ3) is 12.7. The zero-order valence-electron chi connectivity index (χ0n) is 45.0. The maximum absolute atomic E-state index is 14.9. The molecule has 0 saturated carbocycles. The van der Waals surface area contributed by atoms with Gasteiger partial charge in [0.05, 0.1) is 29.2 Å². The molecule has 2 aromatic carbocycles. The van der Waals surface area contributed by atoms with E-state index in [0.29, 0.717) is 69.0 Å². The van der Waals surface area contributed by atoms with Crippen molar-refractivity contribution in [2.45, 2.75) is 97.7 Å². The highest BCUT2D eigenvalue weighted by molar-refractivity contribution is 7.15. The predicted octanol–water partition coefficient (Wildman–Crippen LogP) is 11.6. The topological polar surface area (TPSA) is 255 Å². The van der Waals surface area contributed by atoms with Crippen molar-refractivity contribution in [3.05, 3.63) is 153 Å². The second-order valence-corrected chi connectivity index (χ2v) is 25.9. The van der Waals surface area contributed by atoms with Gasteiger partial charge in [0.1, 0.15) is 70.9 Å². The van der Waals surface area contributed by atoms with E-state index in [1.165, 1.54) is 74.9 Å². The lowest BCUT2D eigenvalue weighted by Crippen LogP contribution is -2.50. The minimum absolute atomic E-state index is 0.0430. The Balaban J connectivity index is 1.08. The van der Waals surface area contributed by atoms with Gasteiger partial charge in [-0.2, -0.15) is 0 Å². The number of pyridine rings is 1. The van der Waals surface area contributed by atoms with E-state index in [1.807, 2.05) is 85.3 Å². The van der Waals surface area contributed by atoms with Crippen LogP contribution in [0.2, 0.25) is 0 Å². The number of carbonyl (C=O) groups excluding carboxylic acids is 6. The molecule has 0 aliphatic carbocycles. The fraction of sp³-hybridized carbons (Fsp3) is 0.293. The van der Waals surface area contributed by atoms with Gasteiger partial charge in [-0.1, -0.05) is 87.9 Å². The van der Waals surface area contributed by atoms with Crippen molar-refractivity contribution >= 4 is 103 Å². The van der Waals surface area contributed by atoms with Crippen LogP contribution in [0.1, 0.15) is 150 Å². The summed E-state index contributed by atoms with van der Waals surface area (Å²) in [5.74, 6) is -3.49. The molecule has 81 heavy (non-hydrogen) atoms. The molecule has 5 N–H and O–H groups in total. The summed E-state index contributed by atoms with van der Waals surface area (Å²) < 4.78 is 0. The van der Waals surface area contributed by atoms with E-state index in [0.717, 1.165) is 16.7 Å². The number of amides is 4. The van der Waals surface area contributed by atoms with E-state index < -0.39 is 47.7 Å². The minimum atomic E-state index is -1.03. The summed E-state index contributed by atoms with van der Waals surface area (Å²) in [5.41, 5.74) is 11.8. The maximum atomic E-state index is 14.9. The number of benzene rings is 2. The summed E-state index contributed by atoms with van der Waals surface area (Å²) >= 11 is 7.69. The average Bonchev–Trinajstić information content (AvgIpc) is 4.45. The van der Waals surface area contributed by atoms with Gasteiger partial charge in [0, 0.05) is 63.0 Å². The molecule has 0 radical (unpaired) electrons. The van der Waals surface area contributed by atoms with Crippen LogP contribution in [-0.4, -0.2) is 76.1 Å². The standard InChI is InChI=1S/C58H55N11O6S6/c1-27(2)29(4)47-58-67-44(26-80-58)56-64-41(23-79-56)49-35(17-18-37(60-49)55-63-40(22-78-55)31(6)70)53-65-43(24-76-53)52(75)62-39(21-46(59)72)57-69-48(32(7)81-57)45(71)20-36(30(5)34-11-9-8-10-12-34)54-66-42(25-77-54)51(74)61-38(50(73)68-47)19-33-15-13-28(3)14-16-33/h8-18,22-27,29-30,36,38-39,47H,19-21H2,1-7H3,(H2,59,72)(H,61,74)(H,62,75)(H,68,73). The Morgan fingerprint density at radius 1 is 0.617 bits per heavy atom. The molecular weight excluding hydrogens is 1140 g/mol. The molecule has 9 aromatic rings. The molecule has 23 heteroatoms. The van der Waals surface area contributed by atoms with Crippen LogP contribution in [0.3, 0.4) is 0 Å². The number of fused-ring (bicyclic) bond motifs is 14. The molecule has 17 nitrogen and oxygen atoms in total. The first-order valence-corrected chi connectivity index (χ1v) is 31.2. The number of Topliss-reactive ketones (excluding diaryl/α,β-unsaturated/α-hetero) is 2. The lowest BCUT2D eigenvalue weighted by atomic mass is 9.84. The minimum Gasteiger partial charge on any atom is -0.370 e. The molecule has 7 aromatic heterocycles. The number of primary amides is 1. The quantitative estimate of drug-likeness (QED) is 0.0931. The van der Waals surface area contributed by atoms with Gasteiger partial charge >= 0.3 is 0 Å². The second kappa shape index (κ2) is 24.4. The van der Waals surface area contributed by atoms with Crippen molar-refractivity contribution in [3.63, 3.8) is 0 Å². The molecule has 6 atom stereocenters. The summed E-state index contributed by atoms with van der Waals surface area (Å²) in [6, 6.07) is 18.6. The van der Waals surface area contributed by atoms with Gasteiger partial charge in [0.15, 0.2) is 11.6 Å². The van der Waals surface area contributed by atoms with Gasteiger partial charge in [-0.15, -0.1) is 68.0 Å². The van der Waals surface area contributed by atoms with Gasteiger partial charge in [0.25, 0.3) is 11.8 Å². The molecule has 0 saturated heterocycles. The van der Waals surface area contributed by atoms with Crippen LogP contribution in [0, 0.1) is 25.7 Å². The number of carbonyl (C=O) groups is 6. The fourth-order valence-electron chi connectivity index (χ4n) is 9.27. The van der Waals surface area contributed by atoms with Crippen LogP contribution in [-0.2, 0) is 16.0 Å². The second-order valence-electron chi connectivity index (χ2n) is 20.3. The normalized spacial score (nSPS) is 17.9. The van der Waals surface area contributed by atoms with Crippen LogP contribution in [0.25, 0.3) is 43.4 Å². The third-order valence-electron chi connectivity index (χ3n) is 14.2. The molecule has 6 unspecified atom stereocenters. The van der Waals surface area contributed by atoms with Crippen LogP contribution >= 0.6 is 68.0 Å². The summed E-state index contributed by atoms with van der Waals surface area (Å²) in [5, 5.41) is 21.0. The number of nitrogens with zero attached hydrogens (tertiary/aromatic N) is 7. The third-order valence-corrected chi connectivity index (χ3v) is 19.8. The Labute approximate surface area is 491 Å². The molecular formula is C58H55N11O6S6. The van der Waals surface area contributed by atoms with Crippen LogP contribution in [0.4, 0.5) is 0 Å². The van der Waals surface area contributed by atoms with Gasteiger partial charge in [-0.3, -0.25) is 28.8 Å². The van der Waals surface area contributed by atoms with Crippen LogP contribution in [0.5, 0.6) is 0 Å². The van der Waals surface area contributed by atoms with Gasteiger partial charge in [0.2, 0.25) is 11.8 Å². The number of hydrogen-bond acceptors (Lipinski definition) is 19. The Morgan fingerprint density at radius 3 is 1.96 bits per heavy atom. The Kier molecular flexibility index (Phi) is 17.1. The Hall–Kier alpha value is -7.41. The van der Waals surface area contributed by atoms with Crippen molar-refractivity contribution < 1.29 is 28.8 Å². The van der Waals surface area contributed by atoms with E-state index in [4.69, 9.17) is 35.6 Å². The zero-order valence-corrected chi connectivity index (χ0v) is 49.9. The first-order chi connectivity index (χ1) is 38.9. The lowest BCUT2D eigenvalue weighted by Gasteiger charge is -2.28. The maximum Gasteiger partial charge on any atom is 0.271 e.